The predicted molar refractivity (Wildman–Crippen MR) is 65.7 cm³/mol. The van der Waals surface area contributed by atoms with Crippen LogP contribution >= 0.6 is 0 Å². The van der Waals surface area contributed by atoms with E-state index in [0.717, 1.165) is 18.4 Å². The van der Waals surface area contributed by atoms with Gasteiger partial charge in [0.1, 0.15) is 0 Å². The first kappa shape index (κ1) is 14.2. The maximum atomic E-state index is 11.9. The molecule has 1 amide bonds. The molecule has 0 aliphatic rings. The van der Waals surface area contributed by atoms with Crippen LogP contribution in [-0.2, 0) is 4.79 Å². The fraction of sp³-hybridized carbons (Fsp3) is 0.769. The molecule has 0 aromatic heterocycles. The lowest BCUT2D eigenvalue weighted by molar-refractivity contribution is -0.119. The quantitative estimate of drug-likeness (QED) is 0.710. The van der Waals surface area contributed by atoms with Crippen molar-refractivity contribution in [2.24, 2.45) is 5.92 Å². The number of allylic oxidation sites excluding steroid dienone is 1. The van der Waals surface area contributed by atoms with Crippen LogP contribution in [0.1, 0.15) is 54.4 Å². The minimum absolute atomic E-state index is 0.0815. The first-order valence-corrected chi connectivity index (χ1v) is 5.79. The van der Waals surface area contributed by atoms with Crippen molar-refractivity contribution in [2.75, 3.05) is 0 Å². The van der Waals surface area contributed by atoms with Gasteiger partial charge in [-0.1, -0.05) is 33.3 Å². The lowest BCUT2D eigenvalue weighted by Gasteiger charge is -2.21. The Balaban J connectivity index is 4.57. The third-order valence-electron chi connectivity index (χ3n) is 1.83. The summed E-state index contributed by atoms with van der Waals surface area (Å²) in [5.74, 6) is 0.510. The molecule has 0 saturated heterocycles. The summed E-state index contributed by atoms with van der Waals surface area (Å²) >= 11 is 0. The number of carbonyl (C=O) groups excluding carboxylic acids is 1. The van der Waals surface area contributed by atoms with Crippen molar-refractivity contribution in [3.8, 4) is 0 Å². The number of nitrogens with one attached hydrogen (secondary N) is 1. The monoisotopic (exact) mass is 211 g/mol. The molecule has 0 aromatic carbocycles. The van der Waals surface area contributed by atoms with Gasteiger partial charge in [0.2, 0.25) is 5.91 Å². The molecule has 1 N–H and O–H groups in total. The molecule has 15 heavy (non-hydrogen) atoms. The molecule has 0 aromatic rings. The normalized spacial score (nSPS) is 13.1. The number of hydrogen-bond donors (Lipinski definition) is 1. The lowest BCUT2D eigenvalue weighted by Crippen LogP contribution is -2.41. The highest BCUT2D eigenvalue weighted by molar-refractivity contribution is 5.93. The molecule has 88 valence electrons. The van der Waals surface area contributed by atoms with E-state index >= 15 is 0 Å². The zero-order chi connectivity index (χ0) is 12.1. The Labute approximate surface area is 94.1 Å². The summed E-state index contributed by atoms with van der Waals surface area (Å²) in [7, 11) is 0. The van der Waals surface area contributed by atoms with Crippen molar-refractivity contribution in [2.45, 2.75) is 59.9 Å². The molecule has 0 rings (SSSR count). The molecule has 2 nitrogen and oxygen atoms in total. The van der Waals surface area contributed by atoms with Gasteiger partial charge in [-0.3, -0.25) is 4.79 Å². The second-order valence-corrected chi connectivity index (χ2v) is 5.39. The van der Waals surface area contributed by atoms with Gasteiger partial charge in [0.25, 0.3) is 0 Å². The molecule has 0 radical (unpaired) electrons. The van der Waals surface area contributed by atoms with Gasteiger partial charge in [-0.15, -0.1) is 0 Å². The van der Waals surface area contributed by atoms with Gasteiger partial charge in [-0.05, 0) is 33.1 Å². The van der Waals surface area contributed by atoms with Gasteiger partial charge in [-0.2, -0.15) is 0 Å². The van der Waals surface area contributed by atoms with Gasteiger partial charge >= 0.3 is 0 Å². The first-order chi connectivity index (χ1) is 6.76. The summed E-state index contributed by atoms with van der Waals surface area (Å²) in [6.07, 6.45) is 3.93. The number of rotatable bonds is 4. The molecular formula is C13H25NO. The Hall–Kier alpha value is -0.790. The van der Waals surface area contributed by atoms with Crippen molar-refractivity contribution in [1.29, 1.82) is 0 Å². The van der Waals surface area contributed by atoms with Crippen molar-refractivity contribution in [3.63, 3.8) is 0 Å². The van der Waals surface area contributed by atoms with E-state index in [1.165, 1.54) is 0 Å². The Morgan fingerprint density at radius 1 is 1.33 bits per heavy atom. The average molecular weight is 211 g/mol. The summed E-state index contributed by atoms with van der Waals surface area (Å²) < 4.78 is 0. The molecule has 2 heteroatoms. The third kappa shape index (κ3) is 7.18. The minimum atomic E-state index is -0.152. The Morgan fingerprint density at radius 3 is 2.20 bits per heavy atom. The zero-order valence-electron chi connectivity index (χ0n) is 11.0. The second kappa shape index (κ2) is 5.94. The van der Waals surface area contributed by atoms with Crippen LogP contribution in [-0.4, -0.2) is 11.4 Å². The topological polar surface area (TPSA) is 29.1 Å². The zero-order valence-corrected chi connectivity index (χ0v) is 11.0. The number of hydrogen-bond acceptors (Lipinski definition) is 1. The Bertz CT molecular complexity index is 233. The van der Waals surface area contributed by atoms with Gasteiger partial charge in [0.05, 0.1) is 0 Å². The van der Waals surface area contributed by atoms with Crippen LogP contribution in [0.25, 0.3) is 0 Å². The molecule has 0 saturated carbocycles. The van der Waals surface area contributed by atoms with Crippen molar-refractivity contribution in [3.05, 3.63) is 11.6 Å². The van der Waals surface area contributed by atoms with E-state index in [1.807, 2.05) is 20.8 Å². The van der Waals surface area contributed by atoms with E-state index in [1.54, 1.807) is 0 Å². The van der Waals surface area contributed by atoms with E-state index in [9.17, 15) is 4.79 Å². The highest BCUT2D eigenvalue weighted by Gasteiger charge is 2.16. The van der Waals surface area contributed by atoms with Crippen LogP contribution in [0.15, 0.2) is 11.6 Å². The molecule has 0 unspecified atom stereocenters. The van der Waals surface area contributed by atoms with Gasteiger partial charge in [0, 0.05) is 11.1 Å². The highest BCUT2D eigenvalue weighted by atomic mass is 16.1. The molecule has 0 spiro atoms. The van der Waals surface area contributed by atoms with Gasteiger partial charge in [0.15, 0.2) is 0 Å². The van der Waals surface area contributed by atoms with Crippen molar-refractivity contribution < 1.29 is 4.79 Å². The summed E-state index contributed by atoms with van der Waals surface area (Å²) in [4.78, 5) is 11.9. The summed E-state index contributed by atoms with van der Waals surface area (Å²) in [5, 5.41) is 3.00. The molecular weight excluding hydrogens is 186 g/mol. The van der Waals surface area contributed by atoms with Crippen LogP contribution in [0.4, 0.5) is 0 Å². The standard InChI is InChI=1S/C13H25NO/c1-7-8-11(9-10(2)3)12(15)14-13(4,5)6/h9-10H,7-8H2,1-6H3,(H,14,15)/b11-9+. The Morgan fingerprint density at radius 2 is 1.87 bits per heavy atom. The summed E-state index contributed by atoms with van der Waals surface area (Å²) in [6.45, 7) is 12.3. The van der Waals surface area contributed by atoms with Crippen LogP contribution in [0.3, 0.4) is 0 Å². The highest BCUT2D eigenvalue weighted by Crippen LogP contribution is 2.11. The van der Waals surface area contributed by atoms with E-state index in [-0.39, 0.29) is 11.4 Å². The lowest BCUT2D eigenvalue weighted by atomic mass is 10.0. The maximum Gasteiger partial charge on any atom is 0.247 e. The van der Waals surface area contributed by atoms with E-state index in [4.69, 9.17) is 0 Å². The third-order valence-corrected chi connectivity index (χ3v) is 1.83. The number of amides is 1. The smallest absolute Gasteiger partial charge is 0.247 e. The van der Waals surface area contributed by atoms with Crippen molar-refractivity contribution in [1.82, 2.24) is 5.32 Å². The van der Waals surface area contributed by atoms with Crippen LogP contribution in [0.5, 0.6) is 0 Å². The SMILES string of the molecule is CCC/C(=C\C(C)C)C(=O)NC(C)(C)C. The summed E-state index contributed by atoms with van der Waals surface area (Å²) in [6, 6.07) is 0. The van der Waals surface area contributed by atoms with E-state index < -0.39 is 0 Å². The van der Waals surface area contributed by atoms with Crippen LogP contribution in [0, 0.1) is 5.92 Å². The first-order valence-electron chi connectivity index (χ1n) is 5.79. The number of carbonyl (C=O) groups is 1. The fourth-order valence-corrected chi connectivity index (χ4v) is 1.37. The fourth-order valence-electron chi connectivity index (χ4n) is 1.37. The largest absolute Gasteiger partial charge is 0.348 e. The Kier molecular flexibility index (Phi) is 5.63. The molecule has 0 fully saturated rings. The molecule has 0 aliphatic heterocycles. The second-order valence-electron chi connectivity index (χ2n) is 5.39. The maximum absolute atomic E-state index is 11.9. The molecule has 0 atom stereocenters. The summed E-state index contributed by atoms with van der Waals surface area (Å²) in [5.41, 5.74) is 0.767. The van der Waals surface area contributed by atoms with E-state index in [2.05, 4.69) is 32.2 Å². The van der Waals surface area contributed by atoms with Gasteiger partial charge in [-0.25, -0.2) is 0 Å². The van der Waals surface area contributed by atoms with E-state index in [0.29, 0.717) is 5.92 Å². The van der Waals surface area contributed by atoms with Crippen LogP contribution in [0.2, 0.25) is 0 Å². The molecule has 0 heterocycles. The predicted octanol–water partition coefficient (Wildman–Crippen LogP) is 3.28. The minimum Gasteiger partial charge on any atom is -0.348 e. The van der Waals surface area contributed by atoms with Crippen molar-refractivity contribution >= 4 is 5.91 Å². The average Bonchev–Trinajstić information content (AvgIpc) is 1.99. The van der Waals surface area contributed by atoms with Gasteiger partial charge < -0.3 is 5.32 Å². The molecule has 0 aliphatic carbocycles. The van der Waals surface area contributed by atoms with Crippen LogP contribution < -0.4 is 5.32 Å². The molecule has 0 bridgehead atoms.